The molecule has 0 aliphatic carbocycles. The lowest BCUT2D eigenvalue weighted by atomic mass is 10.2. The number of esters is 1. The molecule has 0 spiro atoms. The maximum Gasteiger partial charge on any atom is 0.306 e. The Hall–Kier alpha value is -3.24. The Labute approximate surface area is 174 Å². The van der Waals surface area contributed by atoms with Gasteiger partial charge in [0.15, 0.2) is 6.10 Å². The third-order valence-corrected chi connectivity index (χ3v) is 4.20. The van der Waals surface area contributed by atoms with Gasteiger partial charge in [0.1, 0.15) is 17.6 Å². The predicted octanol–water partition coefficient (Wildman–Crippen LogP) is 3.95. The highest BCUT2D eigenvalue weighted by molar-refractivity contribution is 6.32. The summed E-state index contributed by atoms with van der Waals surface area (Å²) in [6, 6.07) is 13.6. The number of rotatable bonds is 9. The molecule has 0 aliphatic heterocycles. The molecule has 2 aromatic carbocycles. The molecule has 0 aliphatic rings. The minimum absolute atomic E-state index is 0.121. The van der Waals surface area contributed by atoms with E-state index in [-0.39, 0.29) is 11.4 Å². The molecule has 7 nitrogen and oxygen atoms in total. The summed E-state index contributed by atoms with van der Waals surface area (Å²) >= 11 is 5.93. The van der Waals surface area contributed by atoms with Crippen molar-refractivity contribution in [2.75, 3.05) is 19.0 Å². The second kappa shape index (κ2) is 10.9. The van der Waals surface area contributed by atoms with E-state index in [0.29, 0.717) is 30.0 Å². The van der Waals surface area contributed by atoms with Gasteiger partial charge in [-0.3, -0.25) is 9.59 Å². The highest BCUT2D eigenvalue weighted by Gasteiger charge is 2.18. The summed E-state index contributed by atoms with van der Waals surface area (Å²) < 4.78 is 15.7. The van der Waals surface area contributed by atoms with Gasteiger partial charge in [-0.15, -0.1) is 0 Å². The Kier molecular flexibility index (Phi) is 8.31. The lowest BCUT2D eigenvalue weighted by Crippen LogP contribution is -2.30. The van der Waals surface area contributed by atoms with E-state index in [9.17, 15) is 9.59 Å². The van der Waals surface area contributed by atoms with Crippen LogP contribution in [0, 0.1) is 11.3 Å². The molecule has 0 saturated carbocycles. The number of hydrogen-bond donors (Lipinski definition) is 1. The molecule has 2 rings (SSSR count). The van der Waals surface area contributed by atoms with Gasteiger partial charge in [0.25, 0.3) is 5.91 Å². The average Bonchev–Trinajstić information content (AvgIpc) is 2.71. The summed E-state index contributed by atoms with van der Waals surface area (Å²) in [7, 11) is 1.59. The Morgan fingerprint density at radius 3 is 2.48 bits per heavy atom. The number of nitriles is 1. The van der Waals surface area contributed by atoms with E-state index in [1.54, 1.807) is 37.4 Å². The number of nitrogens with zero attached hydrogens (tertiary/aromatic N) is 1. The van der Waals surface area contributed by atoms with E-state index >= 15 is 0 Å². The summed E-state index contributed by atoms with van der Waals surface area (Å²) in [5, 5.41) is 11.7. The third-order valence-electron chi connectivity index (χ3n) is 3.89. The summed E-state index contributed by atoms with van der Waals surface area (Å²) in [5.74, 6) is 0.418. The van der Waals surface area contributed by atoms with Crippen LogP contribution in [0.1, 0.15) is 25.3 Å². The molecule has 29 heavy (non-hydrogen) atoms. The van der Waals surface area contributed by atoms with Crippen LogP contribution in [0.5, 0.6) is 11.5 Å². The van der Waals surface area contributed by atoms with Crippen molar-refractivity contribution in [2.24, 2.45) is 0 Å². The molecule has 152 valence electrons. The molecule has 1 atom stereocenters. The highest BCUT2D eigenvalue weighted by atomic mass is 35.5. The third kappa shape index (κ3) is 7.01. The van der Waals surface area contributed by atoms with Crippen molar-refractivity contribution in [1.82, 2.24) is 0 Å². The first-order valence-electron chi connectivity index (χ1n) is 8.89. The van der Waals surface area contributed by atoms with Crippen molar-refractivity contribution in [3.63, 3.8) is 0 Å². The number of hydrogen-bond acceptors (Lipinski definition) is 6. The Morgan fingerprint density at radius 1 is 1.17 bits per heavy atom. The highest BCUT2D eigenvalue weighted by Crippen LogP contribution is 2.20. The van der Waals surface area contributed by atoms with Crippen LogP contribution in [0.2, 0.25) is 5.02 Å². The fraction of sp³-hybridized carbons (Fsp3) is 0.286. The predicted molar refractivity (Wildman–Crippen MR) is 108 cm³/mol. The van der Waals surface area contributed by atoms with Gasteiger partial charge in [0.05, 0.1) is 24.3 Å². The van der Waals surface area contributed by atoms with E-state index in [1.807, 2.05) is 6.07 Å². The van der Waals surface area contributed by atoms with Crippen LogP contribution >= 0.6 is 11.6 Å². The molecule has 1 N–H and O–H groups in total. The van der Waals surface area contributed by atoms with Crippen LogP contribution in [-0.4, -0.2) is 31.7 Å². The van der Waals surface area contributed by atoms with E-state index in [1.165, 1.54) is 19.1 Å². The van der Waals surface area contributed by atoms with Crippen molar-refractivity contribution >= 4 is 29.2 Å². The molecule has 0 unspecified atom stereocenters. The number of methoxy groups -OCH3 is 1. The Bertz CT molecular complexity index is 893. The first-order chi connectivity index (χ1) is 13.9. The monoisotopic (exact) mass is 416 g/mol. The number of amides is 1. The van der Waals surface area contributed by atoms with Crippen molar-refractivity contribution in [3.05, 3.63) is 53.1 Å². The van der Waals surface area contributed by atoms with Crippen molar-refractivity contribution in [3.8, 4) is 17.6 Å². The maximum absolute atomic E-state index is 12.1. The molecule has 0 fully saturated rings. The number of carbonyl (C=O) groups excluding carboxylic acids is 2. The average molecular weight is 417 g/mol. The first kappa shape index (κ1) is 22.1. The van der Waals surface area contributed by atoms with Gasteiger partial charge < -0.3 is 19.5 Å². The normalized spacial score (nSPS) is 11.1. The van der Waals surface area contributed by atoms with Crippen LogP contribution < -0.4 is 14.8 Å². The summed E-state index contributed by atoms with van der Waals surface area (Å²) in [6.45, 7) is 1.82. The van der Waals surface area contributed by atoms with Gasteiger partial charge in [-0.2, -0.15) is 5.26 Å². The second-order valence-electron chi connectivity index (χ2n) is 6.06. The van der Waals surface area contributed by atoms with Crippen LogP contribution in [-0.2, 0) is 14.3 Å². The molecule has 0 aromatic heterocycles. The smallest absolute Gasteiger partial charge is 0.306 e. The standard InChI is InChI=1S/C21H21ClN2O5/c1-14(21(26)24-16-6-5-15(13-23)19(22)12-16)29-20(25)4-3-11-28-18-9-7-17(27-2)8-10-18/h5-10,12,14H,3-4,11H2,1-2H3,(H,24,26)/t14-/m0/s1. The number of ether oxygens (including phenoxy) is 3. The lowest BCUT2D eigenvalue weighted by Gasteiger charge is -2.14. The lowest BCUT2D eigenvalue weighted by molar-refractivity contribution is -0.153. The molecule has 0 heterocycles. The minimum Gasteiger partial charge on any atom is -0.497 e. The van der Waals surface area contributed by atoms with Crippen LogP contribution in [0.3, 0.4) is 0 Å². The van der Waals surface area contributed by atoms with Gasteiger partial charge >= 0.3 is 5.97 Å². The zero-order valence-corrected chi connectivity index (χ0v) is 16.9. The maximum atomic E-state index is 12.1. The largest absolute Gasteiger partial charge is 0.497 e. The molecule has 0 saturated heterocycles. The molecular formula is C21H21ClN2O5. The Morgan fingerprint density at radius 2 is 1.86 bits per heavy atom. The summed E-state index contributed by atoms with van der Waals surface area (Å²) in [5.41, 5.74) is 0.718. The molecule has 2 aromatic rings. The van der Waals surface area contributed by atoms with E-state index < -0.39 is 18.0 Å². The van der Waals surface area contributed by atoms with Crippen molar-refractivity contribution < 1.29 is 23.8 Å². The van der Waals surface area contributed by atoms with E-state index in [0.717, 1.165) is 5.75 Å². The van der Waals surface area contributed by atoms with Gasteiger partial charge in [-0.1, -0.05) is 11.6 Å². The molecular weight excluding hydrogens is 396 g/mol. The van der Waals surface area contributed by atoms with E-state index in [2.05, 4.69) is 5.32 Å². The van der Waals surface area contributed by atoms with Crippen molar-refractivity contribution in [2.45, 2.75) is 25.9 Å². The van der Waals surface area contributed by atoms with Gasteiger partial charge in [-0.25, -0.2) is 0 Å². The van der Waals surface area contributed by atoms with Crippen LogP contribution in [0.25, 0.3) is 0 Å². The molecule has 1 amide bonds. The number of anilines is 1. The number of halogens is 1. The number of benzene rings is 2. The zero-order valence-electron chi connectivity index (χ0n) is 16.1. The topological polar surface area (TPSA) is 97.7 Å². The fourth-order valence-electron chi connectivity index (χ4n) is 2.32. The zero-order chi connectivity index (χ0) is 21.2. The number of nitrogens with one attached hydrogen (secondary N) is 1. The molecule has 0 radical (unpaired) electrons. The fourth-order valence-corrected chi connectivity index (χ4v) is 2.54. The van der Waals surface area contributed by atoms with Gasteiger partial charge in [-0.05, 0) is 55.8 Å². The Balaban J connectivity index is 1.71. The van der Waals surface area contributed by atoms with Crippen LogP contribution in [0.4, 0.5) is 5.69 Å². The molecule has 8 heteroatoms. The first-order valence-corrected chi connectivity index (χ1v) is 9.27. The summed E-state index contributed by atoms with van der Waals surface area (Å²) in [4.78, 5) is 24.1. The second-order valence-corrected chi connectivity index (χ2v) is 6.46. The SMILES string of the molecule is COc1ccc(OCCCC(=O)O[C@@H](C)C(=O)Nc2ccc(C#N)c(Cl)c2)cc1. The van der Waals surface area contributed by atoms with Gasteiger partial charge in [0, 0.05) is 12.1 Å². The molecule has 0 bridgehead atoms. The number of carbonyl (C=O) groups is 2. The van der Waals surface area contributed by atoms with E-state index in [4.69, 9.17) is 31.1 Å². The van der Waals surface area contributed by atoms with Gasteiger partial charge in [0.2, 0.25) is 0 Å². The minimum atomic E-state index is -0.973. The quantitative estimate of drug-likeness (QED) is 0.491. The van der Waals surface area contributed by atoms with Crippen molar-refractivity contribution in [1.29, 1.82) is 5.26 Å². The summed E-state index contributed by atoms with van der Waals surface area (Å²) in [6.07, 6.45) is -0.402. The van der Waals surface area contributed by atoms with Crippen LogP contribution in [0.15, 0.2) is 42.5 Å².